The van der Waals surface area contributed by atoms with E-state index in [4.69, 9.17) is 14.2 Å². The molecule has 0 radical (unpaired) electrons. The molecule has 1 saturated carbocycles. The van der Waals surface area contributed by atoms with Crippen molar-refractivity contribution in [1.29, 1.82) is 0 Å². The first kappa shape index (κ1) is 25.0. The number of nitrogens with zero attached hydrogens (tertiary/aromatic N) is 3. The Morgan fingerprint density at radius 1 is 1.03 bits per heavy atom. The fourth-order valence-corrected chi connectivity index (χ4v) is 5.66. The minimum absolute atomic E-state index is 0.167. The summed E-state index contributed by atoms with van der Waals surface area (Å²) in [7, 11) is 1.64. The van der Waals surface area contributed by atoms with Gasteiger partial charge in [-0.15, -0.1) is 0 Å². The number of carbonyl (C=O) groups excluding carboxylic acids is 1. The third-order valence-electron chi connectivity index (χ3n) is 7.70. The maximum Gasteiger partial charge on any atom is 0.414 e. The predicted molar refractivity (Wildman–Crippen MR) is 151 cm³/mol. The minimum Gasteiger partial charge on any atom is -0.496 e. The number of ether oxygens (including phenoxy) is 3. The highest BCUT2D eigenvalue weighted by Crippen LogP contribution is 2.57. The molecule has 1 aliphatic carbocycles. The van der Waals surface area contributed by atoms with Crippen LogP contribution in [0.25, 0.3) is 11.1 Å². The average Bonchev–Trinajstić information content (AvgIpc) is 3.59. The van der Waals surface area contributed by atoms with Crippen molar-refractivity contribution >= 4 is 11.8 Å². The third kappa shape index (κ3) is 5.09. The van der Waals surface area contributed by atoms with Gasteiger partial charge in [0, 0.05) is 23.9 Å². The van der Waals surface area contributed by atoms with Crippen LogP contribution >= 0.6 is 0 Å². The SMILES string of the molecule is COc1cccc(OCCOC(=O)N2CC3CC3c3c(-c4cnn(Cc5cccc(C)c5)c4)cccc32)c1C. The lowest BCUT2D eigenvalue weighted by Crippen LogP contribution is -2.37. The van der Waals surface area contributed by atoms with Gasteiger partial charge >= 0.3 is 6.09 Å². The number of methoxy groups -OCH3 is 1. The molecule has 0 saturated heterocycles. The van der Waals surface area contributed by atoms with Gasteiger partial charge in [0.2, 0.25) is 0 Å². The Morgan fingerprint density at radius 2 is 1.85 bits per heavy atom. The molecule has 3 aromatic carbocycles. The molecule has 6 rings (SSSR count). The van der Waals surface area contributed by atoms with Gasteiger partial charge in [0.1, 0.15) is 24.7 Å². The van der Waals surface area contributed by atoms with E-state index in [-0.39, 0.29) is 19.3 Å². The number of hydrogen-bond acceptors (Lipinski definition) is 5. The first-order valence-electron chi connectivity index (χ1n) is 13.4. The molecule has 2 heterocycles. The van der Waals surface area contributed by atoms with Crippen LogP contribution in [0.15, 0.2) is 73.1 Å². The molecular formula is C32H33N3O4. The van der Waals surface area contributed by atoms with Gasteiger partial charge in [0.05, 0.1) is 25.5 Å². The second kappa shape index (κ2) is 10.5. The number of aromatic nitrogens is 2. The van der Waals surface area contributed by atoms with Crippen molar-refractivity contribution in [1.82, 2.24) is 9.78 Å². The summed E-state index contributed by atoms with van der Waals surface area (Å²) in [5.41, 5.74) is 7.77. The maximum atomic E-state index is 13.2. The van der Waals surface area contributed by atoms with Gasteiger partial charge in [-0.1, -0.05) is 48.0 Å². The van der Waals surface area contributed by atoms with Crippen LogP contribution in [0.4, 0.5) is 10.5 Å². The van der Waals surface area contributed by atoms with E-state index in [2.05, 4.69) is 48.6 Å². The van der Waals surface area contributed by atoms with Crippen LogP contribution in [0.2, 0.25) is 0 Å². The van der Waals surface area contributed by atoms with Gasteiger partial charge in [-0.2, -0.15) is 5.10 Å². The van der Waals surface area contributed by atoms with Crippen LogP contribution < -0.4 is 14.4 Å². The second-order valence-electron chi connectivity index (χ2n) is 10.4. The number of anilines is 1. The van der Waals surface area contributed by atoms with E-state index < -0.39 is 0 Å². The summed E-state index contributed by atoms with van der Waals surface area (Å²) >= 11 is 0. The molecule has 2 unspecified atom stereocenters. The highest BCUT2D eigenvalue weighted by Gasteiger charge is 2.48. The molecule has 0 N–H and O–H groups in total. The molecule has 1 aliphatic heterocycles. The van der Waals surface area contributed by atoms with Crippen LogP contribution in [0.3, 0.4) is 0 Å². The predicted octanol–water partition coefficient (Wildman–Crippen LogP) is 6.36. The van der Waals surface area contributed by atoms with Crippen LogP contribution in [0, 0.1) is 19.8 Å². The molecule has 1 aromatic heterocycles. The number of carbonyl (C=O) groups is 1. The summed E-state index contributed by atoms with van der Waals surface area (Å²) in [5.74, 6) is 2.43. The molecule has 7 heteroatoms. The van der Waals surface area contributed by atoms with Gasteiger partial charge in [0.15, 0.2) is 0 Å². The molecule has 1 fully saturated rings. The van der Waals surface area contributed by atoms with E-state index in [0.29, 0.717) is 18.4 Å². The molecule has 39 heavy (non-hydrogen) atoms. The van der Waals surface area contributed by atoms with Crippen LogP contribution in [0.5, 0.6) is 11.5 Å². The van der Waals surface area contributed by atoms with Gasteiger partial charge in [-0.25, -0.2) is 4.79 Å². The van der Waals surface area contributed by atoms with E-state index in [1.807, 2.05) is 48.1 Å². The molecule has 0 spiro atoms. The van der Waals surface area contributed by atoms with E-state index in [1.165, 1.54) is 16.7 Å². The number of aryl methyl sites for hydroxylation is 1. The first-order valence-corrected chi connectivity index (χ1v) is 13.4. The molecule has 1 amide bonds. The summed E-state index contributed by atoms with van der Waals surface area (Å²) in [5, 5.41) is 4.64. The molecule has 2 atom stereocenters. The zero-order valence-electron chi connectivity index (χ0n) is 22.6. The van der Waals surface area contributed by atoms with Gasteiger partial charge < -0.3 is 14.2 Å². The van der Waals surface area contributed by atoms with Crippen molar-refractivity contribution in [2.24, 2.45) is 5.92 Å². The van der Waals surface area contributed by atoms with Crippen LogP contribution in [0.1, 0.15) is 34.6 Å². The highest BCUT2D eigenvalue weighted by atomic mass is 16.6. The second-order valence-corrected chi connectivity index (χ2v) is 10.4. The Bertz CT molecular complexity index is 1510. The van der Waals surface area contributed by atoms with Crippen LogP contribution in [-0.4, -0.2) is 42.7 Å². The number of fused-ring (bicyclic) bond motifs is 3. The standard InChI is InChI=1S/C32H33N3O4/c1-21-7-4-8-23(15-21)18-34-19-25(17-33-34)26-9-5-10-28-31(26)27-16-24(27)20-35(28)32(36)39-14-13-38-30-12-6-11-29(37-3)22(30)2/h4-12,15,17,19,24,27H,13-14,16,18,20H2,1-3H3. The van der Waals surface area contributed by atoms with E-state index >= 15 is 0 Å². The monoisotopic (exact) mass is 523 g/mol. The lowest BCUT2D eigenvalue weighted by atomic mass is 9.93. The summed E-state index contributed by atoms with van der Waals surface area (Å²) in [6.45, 7) is 5.89. The molecule has 7 nitrogen and oxygen atoms in total. The molecule has 2 aliphatic rings. The van der Waals surface area contributed by atoms with E-state index in [9.17, 15) is 4.79 Å². The zero-order valence-corrected chi connectivity index (χ0v) is 22.6. The molecule has 200 valence electrons. The van der Waals surface area contributed by atoms with Crippen molar-refractivity contribution in [3.05, 3.63) is 95.3 Å². The number of rotatable bonds is 8. The summed E-state index contributed by atoms with van der Waals surface area (Å²) < 4.78 is 18.9. The van der Waals surface area contributed by atoms with Gasteiger partial charge in [0.25, 0.3) is 0 Å². The number of benzene rings is 3. The Hall–Kier alpha value is -4.26. The largest absolute Gasteiger partial charge is 0.496 e. The zero-order chi connectivity index (χ0) is 26.9. The van der Waals surface area contributed by atoms with E-state index in [1.54, 1.807) is 12.0 Å². The van der Waals surface area contributed by atoms with Crippen LogP contribution in [-0.2, 0) is 11.3 Å². The van der Waals surface area contributed by atoms with Crippen molar-refractivity contribution in [3.8, 4) is 22.6 Å². The normalized spacial score (nSPS) is 17.3. The minimum atomic E-state index is -0.333. The topological polar surface area (TPSA) is 65.8 Å². The number of hydrogen-bond donors (Lipinski definition) is 0. The van der Waals surface area contributed by atoms with E-state index in [0.717, 1.165) is 46.8 Å². The smallest absolute Gasteiger partial charge is 0.414 e. The van der Waals surface area contributed by atoms with Gasteiger partial charge in [-0.3, -0.25) is 9.58 Å². The third-order valence-corrected chi connectivity index (χ3v) is 7.70. The Balaban J connectivity index is 1.15. The van der Waals surface area contributed by atoms with Crippen molar-refractivity contribution in [2.75, 3.05) is 31.8 Å². The summed E-state index contributed by atoms with van der Waals surface area (Å²) in [4.78, 5) is 15.0. The average molecular weight is 524 g/mol. The quantitative estimate of drug-likeness (QED) is 0.251. The summed E-state index contributed by atoms with van der Waals surface area (Å²) in [6.07, 6.45) is 4.78. The first-order chi connectivity index (χ1) is 19.0. The Morgan fingerprint density at radius 3 is 2.69 bits per heavy atom. The Kier molecular flexibility index (Phi) is 6.73. The molecule has 4 aromatic rings. The van der Waals surface area contributed by atoms with Gasteiger partial charge in [-0.05, 0) is 67.0 Å². The lowest BCUT2D eigenvalue weighted by molar-refractivity contribution is 0.130. The number of amides is 1. The fraction of sp³-hybridized carbons (Fsp3) is 0.312. The highest BCUT2D eigenvalue weighted by molar-refractivity contribution is 5.92. The summed E-state index contributed by atoms with van der Waals surface area (Å²) in [6, 6.07) is 20.3. The van der Waals surface area contributed by atoms with Crippen molar-refractivity contribution < 1.29 is 19.0 Å². The van der Waals surface area contributed by atoms with Crippen molar-refractivity contribution in [2.45, 2.75) is 32.7 Å². The Labute approximate surface area is 228 Å². The molecular weight excluding hydrogens is 490 g/mol. The lowest BCUT2D eigenvalue weighted by Gasteiger charge is -2.29. The maximum absolute atomic E-state index is 13.2. The molecule has 0 bridgehead atoms. The fourth-order valence-electron chi connectivity index (χ4n) is 5.66. The van der Waals surface area contributed by atoms with Crippen molar-refractivity contribution in [3.63, 3.8) is 0 Å².